The van der Waals surface area contributed by atoms with Gasteiger partial charge < -0.3 is 0 Å². The minimum absolute atomic E-state index is 0.138. The van der Waals surface area contributed by atoms with Crippen LogP contribution in [0.1, 0.15) is 5.56 Å². The average Bonchev–Trinajstić information content (AvgIpc) is 2.09. The van der Waals surface area contributed by atoms with Gasteiger partial charge in [0.1, 0.15) is 0 Å². The Kier molecular flexibility index (Phi) is 3.27. The number of hydrazine groups is 1. The molecule has 1 aromatic rings. The lowest BCUT2D eigenvalue weighted by Crippen LogP contribution is -2.31. The molecule has 6 heteroatoms. The van der Waals surface area contributed by atoms with Gasteiger partial charge in [-0.2, -0.15) is 4.83 Å². The van der Waals surface area contributed by atoms with Gasteiger partial charge in [-0.3, -0.25) is 5.84 Å². The molecule has 0 heterocycles. The second kappa shape index (κ2) is 4.06. The van der Waals surface area contributed by atoms with Crippen LogP contribution >= 0.6 is 11.6 Å². The Labute approximate surface area is 81.7 Å². The molecule has 4 nitrogen and oxygen atoms in total. The number of hydrogen-bond donors (Lipinski definition) is 2. The summed E-state index contributed by atoms with van der Waals surface area (Å²) in [4.78, 5) is 1.74. The standard InChI is InChI=1S/C7H9ClN2O2S/c8-7-3-1-6(2-4-7)5-13(11,12)10-9/h1-4,10H,5,9H2. The Hall–Kier alpha value is -0.620. The molecule has 1 aromatic carbocycles. The summed E-state index contributed by atoms with van der Waals surface area (Å²) >= 11 is 5.63. The van der Waals surface area contributed by atoms with E-state index in [2.05, 4.69) is 0 Å². The van der Waals surface area contributed by atoms with Gasteiger partial charge in [0, 0.05) is 5.02 Å². The molecule has 13 heavy (non-hydrogen) atoms. The Bertz CT molecular complexity index is 374. The van der Waals surface area contributed by atoms with E-state index >= 15 is 0 Å². The van der Waals surface area contributed by atoms with Crippen LogP contribution in [0.5, 0.6) is 0 Å². The summed E-state index contributed by atoms with van der Waals surface area (Å²) in [5.74, 6) is 4.68. The van der Waals surface area contributed by atoms with Gasteiger partial charge in [0.25, 0.3) is 0 Å². The minimum atomic E-state index is -3.40. The Morgan fingerprint density at radius 3 is 2.31 bits per heavy atom. The summed E-state index contributed by atoms with van der Waals surface area (Å²) in [6.07, 6.45) is 0. The molecule has 1 rings (SSSR count). The molecule has 0 atom stereocenters. The highest BCUT2D eigenvalue weighted by Crippen LogP contribution is 2.11. The maximum atomic E-state index is 11.0. The number of halogens is 1. The minimum Gasteiger partial charge on any atom is -0.258 e. The normalized spacial score (nSPS) is 11.5. The van der Waals surface area contributed by atoms with E-state index in [1.54, 1.807) is 29.1 Å². The van der Waals surface area contributed by atoms with Crippen LogP contribution in [0.4, 0.5) is 0 Å². The van der Waals surface area contributed by atoms with Crippen LogP contribution in [0.15, 0.2) is 24.3 Å². The predicted octanol–water partition coefficient (Wildman–Crippen LogP) is 0.633. The fourth-order valence-electron chi connectivity index (χ4n) is 0.842. The van der Waals surface area contributed by atoms with E-state index < -0.39 is 10.0 Å². The summed E-state index contributed by atoms with van der Waals surface area (Å²) in [6, 6.07) is 6.53. The van der Waals surface area contributed by atoms with E-state index in [1.165, 1.54) is 0 Å². The van der Waals surface area contributed by atoms with Crippen molar-refractivity contribution in [3.05, 3.63) is 34.9 Å². The van der Waals surface area contributed by atoms with Crippen LogP contribution in [0.2, 0.25) is 5.02 Å². The Morgan fingerprint density at radius 2 is 1.85 bits per heavy atom. The zero-order valence-corrected chi connectivity index (χ0v) is 8.27. The van der Waals surface area contributed by atoms with Gasteiger partial charge in [-0.15, -0.1) is 0 Å². The molecule has 0 aliphatic carbocycles. The highest BCUT2D eigenvalue weighted by molar-refractivity contribution is 7.88. The number of sulfonamides is 1. The lowest BCUT2D eigenvalue weighted by atomic mass is 10.2. The van der Waals surface area contributed by atoms with Gasteiger partial charge in [0.05, 0.1) is 5.75 Å². The molecule has 0 unspecified atom stereocenters. The fraction of sp³-hybridized carbons (Fsp3) is 0.143. The fourth-order valence-corrected chi connectivity index (χ4v) is 1.68. The lowest BCUT2D eigenvalue weighted by Gasteiger charge is -2.01. The number of nitrogens with one attached hydrogen (secondary N) is 1. The molecular weight excluding hydrogens is 212 g/mol. The molecular formula is C7H9ClN2O2S. The maximum Gasteiger partial charge on any atom is 0.228 e. The van der Waals surface area contributed by atoms with Gasteiger partial charge in [-0.05, 0) is 17.7 Å². The number of rotatable bonds is 3. The van der Waals surface area contributed by atoms with Gasteiger partial charge in [0.15, 0.2) is 0 Å². The van der Waals surface area contributed by atoms with Crippen LogP contribution < -0.4 is 10.7 Å². The first-order chi connectivity index (χ1) is 6.03. The number of hydrogen-bond acceptors (Lipinski definition) is 3. The molecule has 0 saturated heterocycles. The van der Waals surface area contributed by atoms with Crippen molar-refractivity contribution in [1.29, 1.82) is 0 Å². The molecule has 0 amide bonds. The molecule has 0 aromatic heterocycles. The predicted molar refractivity (Wildman–Crippen MR) is 51.4 cm³/mol. The summed E-state index contributed by atoms with van der Waals surface area (Å²) < 4.78 is 22.0. The third-order valence-corrected chi connectivity index (χ3v) is 2.77. The Morgan fingerprint density at radius 1 is 1.31 bits per heavy atom. The largest absolute Gasteiger partial charge is 0.258 e. The summed E-state index contributed by atoms with van der Waals surface area (Å²) in [6.45, 7) is 0. The second-order valence-corrected chi connectivity index (χ2v) is 4.69. The monoisotopic (exact) mass is 220 g/mol. The van der Waals surface area contributed by atoms with Crippen molar-refractivity contribution in [3.63, 3.8) is 0 Å². The quantitative estimate of drug-likeness (QED) is 0.580. The second-order valence-electron chi connectivity index (χ2n) is 2.50. The highest BCUT2D eigenvalue weighted by Gasteiger charge is 2.07. The highest BCUT2D eigenvalue weighted by atomic mass is 35.5. The van der Waals surface area contributed by atoms with Crippen molar-refractivity contribution < 1.29 is 8.42 Å². The molecule has 0 aliphatic heterocycles. The summed E-state index contributed by atoms with van der Waals surface area (Å²) in [5, 5.41) is 0.571. The zero-order chi connectivity index (χ0) is 9.90. The topological polar surface area (TPSA) is 72.2 Å². The van der Waals surface area contributed by atoms with E-state index in [9.17, 15) is 8.42 Å². The van der Waals surface area contributed by atoms with Crippen LogP contribution in [0.3, 0.4) is 0 Å². The van der Waals surface area contributed by atoms with Gasteiger partial charge in [-0.25, -0.2) is 8.42 Å². The molecule has 0 radical (unpaired) electrons. The molecule has 0 spiro atoms. The van der Waals surface area contributed by atoms with Crippen molar-refractivity contribution in [2.75, 3.05) is 0 Å². The molecule has 0 bridgehead atoms. The van der Waals surface area contributed by atoms with E-state index in [4.69, 9.17) is 17.4 Å². The van der Waals surface area contributed by atoms with Crippen molar-refractivity contribution in [2.24, 2.45) is 5.84 Å². The van der Waals surface area contributed by atoms with Crippen molar-refractivity contribution in [3.8, 4) is 0 Å². The molecule has 72 valence electrons. The first-order valence-electron chi connectivity index (χ1n) is 3.48. The molecule has 0 aliphatic rings. The third-order valence-electron chi connectivity index (χ3n) is 1.45. The van der Waals surface area contributed by atoms with Crippen LogP contribution in [0, 0.1) is 0 Å². The van der Waals surface area contributed by atoms with Gasteiger partial charge in [0.2, 0.25) is 10.0 Å². The first-order valence-corrected chi connectivity index (χ1v) is 5.51. The summed E-state index contributed by atoms with van der Waals surface area (Å²) in [5.41, 5.74) is 0.641. The maximum absolute atomic E-state index is 11.0. The third kappa shape index (κ3) is 3.31. The van der Waals surface area contributed by atoms with Crippen molar-refractivity contribution in [2.45, 2.75) is 5.75 Å². The molecule has 3 N–H and O–H groups in total. The van der Waals surface area contributed by atoms with Gasteiger partial charge in [-0.1, -0.05) is 23.7 Å². The van der Waals surface area contributed by atoms with Crippen LogP contribution in [-0.4, -0.2) is 8.42 Å². The van der Waals surface area contributed by atoms with E-state index in [0.29, 0.717) is 10.6 Å². The number of nitrogens with two attached hydrogens (primary N) is 1. The van der Waals surface area contributed by atoms with E-state index in [-0.39, 0.29) is 5.75 Å². The zero-order valence-electron chi connectivity index (χ0n) is 6.70. The van der Waals surface area contributed by atoms with Crippen LogP contribution in [-0.2, 0) is 15.8 Å². The van der Waals surface area contributed by atoms with Gasteiger partial charge >= 0.3 is 0 Å². The Balaban J connectivity index is 2.82. The first kappa shape index (κ1) is 10.5. The van der Waals surface area contributed by atoms with Crippen molar-refractivity contribution >= 4 is 21.6 Å². The van der Waals surface area contributed by atoms with E-state index in [0.717, 1.165) is 0 Å². The summed E-state index contributed by atoms with van der Waals surface area (Å²) in [7, 11) is -3.40. The molecule has 0 saturated carbocycles. The molecule has 0 fully saturated rings. The van der Waals surface area contributed by atoms with E-state index in [1.807, 2.05) is 0 Å². The van der Waals surface area contributed by atoms with Crippen molar-refractivity contribution in [1.82, 2.24) is 4.83 Å². The smallest absolute Gasteiger partial charge is 0.228 e. The van der Waals surface area contributed by atoms with Crippen LogP contribution in [0.25, 0.3) is 0 Å². The SMILES string of the molecule is NNS(=O)(=O)Cc1ccc(Cl)cc1. The lowest BCUT2D eigenvalue weighted by molar-refractivity contribution is 0.583. The number of benzene rings is 1. The average molecular weight is 221 g/mol.